The Bertz CT molecular complexity index is 986. The molecule has 0 aliphatic rings. The van der Waals surface area contributed by atoms with Gasteiger partial charge in [0.15, 0.2) is 11.3 Å². The van der Waals surface area contributed by atoms with E-state index < -0.39 is 5.97 Å². The van der Waals surface area contributed by atoms with E-state index in [0.717, 1.165) is 23.2 Å². The summed E-state index contributed by atoms with van der Waals surface area (Å²) in [7, 11) is 0. The van der Waals surface area contributed by atoms with Crippen molar-refractivity contribution >= 4 is 16.9 Å². The van der Waals surface area contributed by atoms with E-state index in [9.17, 15) is 9.59 Å². The fourth-order valence-electron chi connectivity index (χ4n) is 2.91. The van der Waals surface area contributed by atoms with Gasteiger partial charge in [0.1, 0.15) is 0 Å². The summed E-state index contributed by atoms with van der Waals surface area (Å²) >= 11 is 0. The second kappa shape index (κ2) is 7.51. The monoisotopic (exact) mass is 355 g/mol. The topological polar surface area (TPSA) is 98.2 Å². The van der Waals surface area contributed by atoms with Crippen LogP contribution in [-0.2, 0) is 17.8 Å². The second-order valence-corrected chi connectivity index (χ2v) is 6.32. The molecule has 0 saturated carbocycles. The zero-order valence-corrected chi connectivity index (χ0v) is 14.9. The maximum absolute atomic E-state index is 12.7. The maximum atomic E-state index is 12.7. The third-order valence-corrected chi connectivity index (χ3v) is 4.22. The Balaban J connectivity index is 2.10. The Morgan fingerprint density at radius 2 is 2.00 bits per heavy atom. The summed E-state index contributed by atoms with van der Waals surface area (Å²) in [5.74, 6) is -0.346. The van der Waals surface area contributed by atoms with Crippen LogP contribution in [-0.4, -0.2) is 26.0 Å². The van der Waals surface area contributed by atoms with Gasteiger partial charge >= 0.3 is 5.97 Å². The molecule has 7 nitrogen and oxygen atoms in total. The van der Waals surface area contributed by atoms with Crippen LogP contribution >= 0.6 is 0 Å². The molecule has 2 heterocycles. The summed E-state index contributed by atoms with van der Waals surface area (Å²) in [6.45, 7) is 4.28. The Morgan fingerprint density at radius 3 is 2.65 bits per heavy atom. The van der Waals surface area contributed by atoms with Gasteiger partial charge in [-0.05, 0) is 19.8 Å². The Kier molecular flexibility index (Phi) is 5.16. The summed E-state index contributed by atoms with van der Waals surface area (Å²) in [6.07, 6.45) is 1.86. The molecule has 0 saturated heterocycles. The average Bonchev–Trinajstić information content (AvgIpc) is 3.05. The molecule has 7 heteroatoms. The lowest BCUT2D eigenvalue weighted by atomic mass is 10.0. The summed E-state index contributed by atoms with van der Waals surface area (Å²) in [4.78, 5) is 23.4. The Morgan fingerprint density at radius 1 is 1.27 bits per heavy atom. The number of benzene rings is 1. The lowest BCUT2D eigenvalue weighted by Crippen LogP contribution is -2.25. The van der Waals surface area contributed by atoms with Crippen LogP contribution in [0.5, 0.6) is 0 Å². The number of rotatable bonds is 7. The van der Waals surface area contributed by atoms with Crippen LogP contribution < -0.4 is 5.56 Å². The molecule has 0 spiro atoms. The molecule has 3 rings (SSSR count). The molecular weight excluding hydrogens is 334 g/mol. The van der Waals surface area contributed by atoms with E-state index in [1.807, 2.05) is 38.1 Å². The Labute approximate surface area is 150 Å². The smallest absolute Gasteiger partial charge is 0.303 e. The molecule has 1 aromatic carbocycles. The van der Waals surface area contributed by atoms with Crippen molar-refractivity contribution in [3.05, 3.63) is 45.9 Å². The fraction of sp³-hybridized carbons (Fsp3) is 0.368. The number of aryl methyl sites for hydroxylation is 3. The van der Waals surface area contributed by atoms with Crippen molar-refractivity contribution < 1.29 is 14.4 Å². The van der Waals surface area contributed by atoms with Crippen molar-refractivity contribution in [1.82, 2.24) is 14.9 Å². The van der Waals surface area contributed by atoms with E-state index in [2.05, 4.69) is 10.3 Å². The van der Waals surface area contributed by atoms with Gasteiger partial charge in [-0.25, -0.2) is 4.68 Å². The van der Waals surface area contributed by atoms with Crippen LogP contribution in [0.2, 0.25) is 0 Å². The van der Waals surface area contributed by atoms with Crippen molar-refractivity contribution in [3.8, 4) is 11.3 Å². The van der Waals surface area contributed by atoms with Crippen LogP contribution in [0, 0.1) is 6.92 Å². The lowest BCUT2D eigenvalue weighted by Gasteiger charge is -2.08. The van der Waals surface area contributed by atoms with Gasteiger partial charge in [0.05, 0.1) is 11.1 Å². The highest BCUT2D eigenvalue weighted by Gasteiger charge is 2.20. The van der Waals surface area contributed by atoms with Gasteiger partial charge in [0.2, 0.25) is 0 Å². The van der Waals surface area contributed by atoms with E-state index in [4.69, 9.17) is 9.63 Å². The number of hydrogen-bond acceptors (Lipinski definition) is 5. The normalized spacial score (nSPS) is 11.2. The number of aromatic nitrogens is 3. The molecule has 0 fully saturated rings. The molecule has 0 amide bonds. The minimum Gasteiger partial charge on any atom is -0.481 e. The molecule has 3 aromatic rings. The first-order chi connectivity index (χ1) is 12.5. The quantitative estimate of drug-likeness (QED) is 0.699. The van der Waals surface area contributed by atoms with Crippen molar-refractivity contribution in [3.63, 3.8) is 0 Å². The van der Waals surface area contributed by atoms with Crippen LogP contribution in [0.1, 0.15) is 37.4 Å². The molecule has 0 radical (unpaired) electrons. The first-order valence-corrected chi connectivity index (χ1v) is 8.69. The van der Waals surface area contributed by atoms with Crippen molar-refractivity contribution in [1.29, 1.82) is 0 Å². The summed E-state index contributed by atoms with van der Waals surface area (Å²) in [5, 5.41) is 17.9. The third-order valence-electron chi connectivity index (χ3n) is 4.22. The van der Waals surface area contributed by atoms with Crippen LogP contribution in [0.3, 0.4) is 0 Å². The van der Waals surface area contributed by atoms with Crippen molar-refractivity contribution in [2.24, 2.45) is 0 Å². The largest absolute Gasteiger partial charge is 0.481 e. The first-order valence-electron chi connectivity index (χ1n) is 8.69. The van der Waals surface area contributed by atoms with E-state index in [0.29, 0.717) is 24.0 Å². The van der Waals surface area contributed by atoms with E-state index in [1.165, 1.54) is 4.68 Å². The SMILES string of the molecule is CCCc1nn(CCCC(=O)O)c(=O)c2noc(-c3ccc(C)cc3)c12. The minimum atomic E-state index is -0.893. The highest BCUT2D eigenvalue weighted by molar-refractivity contribution is 5.92. The number of carbonyl (C=O) groups is 1. The van der Waals surface area contributed by atoms with Gasteiger partial charge in [0.25, 0.3) is 5.56 Å². The summed E-state index contributed by atoms with van der Waals surface area (Å²) in [5.41, 5.74) is 2.61. The van der Waals surface area contributed by atoms with Gasteiger partial charge in [0, 0.05) is 18.5 Å². The number of carboxylic acids is 1. The fourth-order valence-corrected chi connectivity index (χ4v) is 2.91. The first kappa shape index (κ1) is 17.8. The standard InChI is InChI=1S/C19H21N3O4/c1-3-5-14-16-17(19(25)22(20-14)11-4-6-15(23)24)21-26-18(16)13-9-7-12(2)8-10-13/h7-10H,3-6,11H2,1-2H3,(H,23,24). The second-order valence-electron chi connectivity index (χ2n) is 6.32. The molecule has 136 valence electrons. The Hall–Kier alpha value is -2.96. The zero-order valence-electron chi connectivity index (χ0n) is 14.9. The maximum Gasteiger partial charge on any atom is 0.303 e. The summed E-state index contributed by atoms with van der Waals surface area (Å²) < 4.78 is 6.81. The van der Waals surface area contributed by atoms with Crippen LogP contribution in [0.25, 0.3) is 22.2 Å². The molecule has 0 bridgehead atoms. The van der Waals surface area contributed by atoms with Gasteiger partial charge in [-0.2, -0.15) is 5.10 Å². The average molecular weight is 355 g/mol. The highest BCUT2D eigenvalue weighted by Crippen LogP contribution is 2.29. The number of carboxylic acid groups (broad SMARTS) is 1. The van der Waals surface area contributed by atoms with E-state index >= 15 is 0 Å². The lowest BCUT2D eigenvalue weighted by molar-refractivity contribution is -0.137. The van der Waals surface area contributed by atoms with Gasteiger partial charge in [-0.15, -0.1) is 0 Å². The van der Waals surface area contributed by atoms with Crippen molar-refractivity contribution in [2.75, 3.05) is 0 Å². The number of fused-ring (bicyclic) bond motifs is 1. The summed E-state index contributed by atoms with van der Waals surface area (Å²) in [6, 6.07) is 7.82. The van der Waals surface area contributed by atoms with E-state index in [-0.39, 0.29) is 24.0 Å². The predicted octanol–water partition coefficient (Wildman–Crippen LogP) is 3.18. The molecule has 0 unspecified atom stereocenters. The number of aliphatic carboxylic acids is 1. The molecular formula is C19H21N3O4. The van der Waals surface area contributed by atoms with Crippen LogP contribution in [0.15, 0.2) is 33.6 Å². The predicted molar refractivity (Wildman–Crippen MR) is 97.1 cm³/mol. The van der Waals surface area contributed by atoms with Crippen LogP contribution in [0.4, 0.5) is 0 Å². The van der Waals surface area contributed by atoms with Crippen molar-refractivity contribution in [2.45, 2.75) is 46.1 Å². The molecule has 2 aromatic heterocycles. The molecule has 0 aliphatic heterocycles. The molecule has 0 aliphatic carbocycles. The molecule has 0 atom stereocenters. The number of nitrogens with zero attached hydrogens (tertiary/aromatic N) is 3. The van der Waals surface area contributed by atoms with Gasteiger partial charge in [-0.1, -0.05) is 48.3 Å². The van der Waals surface area contributed by atoms with Gasteiger partial charge < -0.3 is 9.63 Å². The minimum absolute atomic E-state index is 0.0112. The third kappa shape index (κ3) is 3.51. The molecule has 26 heavy (non-hydrogen) atoms. The highest BCUT2D eigenvalue weighted by atomic mass is 16.5. The zero-order chi connectivity index (χ0) is 18.7. The molecule has 1 N–H and O–H groups in total. The van der Waals surface area contributed by atoms with E-state index in [1.54, 1.807) is 0 Å². The number of hydrogen-bond donors (Lipinski definition) is 1. The van der Waals surface area contributed by atoms with Gasteiger partial charge in [-0.3, -0.25) is 9.59 Å².